The number of unbranched alkanes of at least 4 members (excludes halogenated alkanes) is 6. The lowest BCUT2D eigenvalue weighted by Gasteiger charge is -2.30. The first-order chi connectivity index (χ1) is 9.86. The summed E-state index contributed by atoms with van der Waals surface area (Å²) in [4.78, 5) is 2.74. The predicted molar refractivity (Wildman–Crippen MR) is 90.3 cm³/mol. The van der Waals surface area contributed by atoms with Gasteiger partial charge in [0.05, 0.1) is 0 Å². The van der Waals surface area contributed by atoms with Crippen molar-refractivity contribution in [3.8, 4) is 0 Å². The summed E-state index contributed by atoms with van der Waals surface area (Å²) in [5.74, 6) is 0.951. The molecule has 0 aromatic carbocycles. The quantitative estimate of drug-likeness (QED) is 0.532. The van der Waals surface area contributed by atoms with E-state index in [1.807, 2.05) is 0 Å². The van der Waals surface area contributed by atoms with Crippen molar-refractivity contribution in [1.29, 1.82) is 0 Å². The van der Waals surface area contributed by atoms with Crippen molar-refractivity contribution in [1.82, 2.24) is 10.2 Å². The van der Waals surface area contributed by atoms with E-state index in [0.717, 1.165) is 5.92 Å². The Hall–Kier alpha value is -0.0800. The molecule has 0 radical (unpaired) electrons. The minimum atomic E-state index is 0.951. The third-order valence-corrected chi connectivity index (χ3v) is 4.59. The second kappa shape index (κ2) is 12.6. The minimum Gasteiger partial charge on any atom is -0.317 e. The highest BCUT2D eigenvalue weighted by Crippen LogP contribution is 2.15. The first-order valence-electron chi connectivity index (χ1n) is 9.29. The van der Waals surface area contributed by atoms with Crippen LogP contribution in [0.15, 0.2) is 0 Å². The van der Waals surface area contributed by atoms with E-state index in [2.05, 4.69) is 24.1 Å². The van der Waals surface area contributed by atoms with Crippen molar-refractivity contribution in [3.63, 3.8) is 0 Å². The molecule has 1 fully saturated rings. The Morgan fingerprint density at radius 2 is 1.45 bits per heavy atom. The lowest BCUT2D eigenvalue weighted by atomic mass is 9.97. The van der Waals surface area contributed by atoms with E-state index in [1.165, 1.54) is 96.9 Å². The summed E-state index contributed by atoms with van der Waals surface area (Å²) in [7, 11) is 0. The molecule has 2 heteroatoms. The van der Waals surface area contributed by atoms with Gasteiger partial charge in [-0.15, -0.1) is 0 Å². The molecule has 1 rings (SSSR count). The van der Waals surface area contributed by atoms with Crippen LogP contribution in [-0.4, -0.2) is 37.6 Å². The predicted octanol–water partition coefficient (Wildman–Crippen LogP) is 4.45. The van der Waals surface area contributed by atoms with Gasteiger partial charge in [0.1, 0.15) is 0 Å². The summed E-state index contributed by atoms with van der Waals surface area (Å²) >= 11 is 0. The SMILES string of the molecule is CCCCCCCCCN(CCC)CC1CCNCC1. The lowest BCUT2D eigenvalue weighted by Crippen LogP contribution is -2.37. The van der Waals surface area contributed by atoms with Gasteiger partial charge >= 0.3 is 0 Å². The van der Waals surface area contributed by atoms with Crippen molar-refractivity contribution in [2.45, 2.75) is 78.1 Å². The molecule has 120 valence electrons. The highest BCUT2D eigenvalue weighted by molar-refractivity contribution is 4.72. The molecule has 0 aromatic heterocycles. The fourth-order valence-electron chi connectivity index (χ4n) is 3.33. The summed E-state index contributed by atoms with van der Waals surface area (Å²) < 4.78 is 0. The Bertz CT molecular complexity index is 200. The fraction of sp³-hybridized carbons (Fsp3) is 1.00. The highest BCUT2D eigenvalue weighted by Gasteiger charge is 2.16. The van der Waals surface area contributed by atoms with E-state index < -0.39 is 0 Å². The number of hydrogen-bond donors (Lipinski definition) is 1. The zero-order chi connectivity index (χ0) is 14.5. The molecule has 1 aliphatic rings. The Morgan fingerprint density at radius 3 is 2.10 bits per heavy atom. The van der Waals surface area contributed by atoms with Crippen molar-refractivity contribution in [3.05, 3.63) is 0 Å². The Balaban J connectivity index is 2.05. The van der Waals surface area contributed by atoms with Crippen molar-refractivity contribution in [2.75, 3.05) is 32.7 Å². The second-order valence-electron chi connectivity index (χ2n) is 6.62. The van der Waals surface area contributed by atoms with Gasteiger partial charge in [-0.1, -0.05) is 52.4 Å². The standard InChI is InChI=1S/C18H38N2/c1-3-5-6-7-8-9-10-16-20(15-4-2)17-18-11-13-19-14-12-18/h18-19H,3-17H2,1-2H3. The normalized spacial score (nSPS) is 16.9. The van der Waals surface area contributed by atoms with Crippen LogP contribution in [0.4, 0.5) is 0 Å². The molecule has 1 N–H and O–H groups in total. The van der Waals surface area contributed by atoms with Gasteiger partial charge in [0.25, 0.3) is 0 Å². The van der Waals surface area contributed by atoms with Crippen molar-refractivity contribution >= 4 is 0 Å². The van der Waals surface area contributed by atoms with Gasteiger partial charge in [-0.2, -0.15) is 0 Å². The van der Waals surface area contributed by atoms with E-state index in [0.29, 0.717) is 0 Å². The van der Waals surface area contributed by atoms with Gasteiger partial charge in [0.15, 0.2) is 0 Å². The number of rotatable bonds is 12. The molecule has 1 aliphatic heterocycles. The number of nitrogens with one attached hydrogen (secondary N) is 1. The van der Waals surface area contributed by atoms with Gasteiger partial charge in [0.2, 0.25) is 0 Å². The van der Waals surface area contributed by atoms with Crippen LogP contribution in [0.25, 0.3) is 0 Å². The van der Waals surface area contributed by atoms with E-state index in [4.69, 9.17) is 0 Å². The molecule has 0 bridgehead atoms. The molecule has 0 saturated carbocycles. The van der Waals surface area contributed by atoms with Crippen LogP contribution in [0, 0.1) is 5.92 Å². The number of piperidine rings is 1. The maximum absolute atomic E-state index is 3.48. The molecule has 0 unspecified atom stereocenters. The van der Waals surface area contributed by atoms with E-state index >= 15 is 0 Å². The molecule has 0 aromatic rings. The maximum Gasteiger partial charge on any atom is 0.00106 e. The Kier molecular flexibility index (Phi) is 11.4. The Labute approximate surface area is 127 Å². The van der Waals surface area contributed by atoms with E-state index in [9.17, 15) is 0 Å². The molecule has 0 amide bonds. The number of hydrogen-bond acceptors (Lipinski definition) is 2. The van der Waals surface area contributed by atoms with Gasteiger partial charge in [-0.05, 0) is 57.8 Å². The third kappa shape index (κ3) is 8.97. The molecular weight excluding hydrogens is 244 g/mol. The average Bonchev–Trinajstić information content (AvgIpc) is 2.47. The highest BCUT2D eigenvalue weighted by atomic mass is 15.1. The molecule has 2 nitrogen and oxygen atoms in total. The fourth-order valence-corrected chi connectivity index (χ4v) is 3.33. The molecule has 0 aliphatic carbocycles. The zero-order valence-corrected chi connectivity index (χ0v) is 14.1. The van der Waals surface area contributed by atoms with Crippen LogP contribution in [0.2, 0.25) is 0 Å². The van der Waals surface area contributed by atoms with Gasteiger partial charge in [-0.25, -0.2) is 0 Å². The zero-order valence-electron chi connectivity index (χ0n) is 14.1. The third-order valence-electron chi connectivity index (χ3n) is 4.59. The van der Waals surface area contributed by atoms with Crippen LogP contribution >= 0.6 is 0 Å². The van der Waals surface area contributed by atoms with Crippen LogP contribution in [0.1, 0.15) is 78.1 Å². The van der Waals surface area contributed by atoms with Gasteiger partial charge in [0, 0.05) is 6.54 Å². The topological polar surface area (TPSA) is 15.3 Å². The molecule has 20 heavy (non-hydrogen) atoms. The molecule has 1 heterocycles. The first kappa shape index (κ1) is 18.0. The molecular formula is C18H38N2. The molecule has 0 spiro atoms. The number of nitrogens with zero attached hydrogens (tertiary/aromatic N) is 1. The summed E-state index contributed by atoms with van der Waals surface area (Å²) in [5, 5.41) is 3.48. The van der Waals surface area contributed by atoms with Crippen LogP contribution in [0.3, 0.4) is 0 Å². The summed E-state index contributed by atoms with van der Waals surface area (Å²) in [6.07, 6.45) is 14.1. The second-order valence-corrected chi connectivity index (χ2v) is 6.62. The van der Waals surface area contributed by atoms with Crippen molar-refractivity contribution in [2.24, 2.45) is 5.92 Å². The van der Waals surface area contributed by atoms with Gasteiger partial charge in [-0.3, -0.25) is 0 Å². The Morgan fingerprint density at radius 1 is 0.800 bits per heavy atom. The smallest absolute Gasteiger partial charge is 0.00106 e. The summed E-state index contributed by atoms with van der Waals surface area (Å²) in [6.45, 7) is 11.1. The van der Waals surface area contributed by atoms with E-state index in [1.54, 1.807) is 0 Å². The summed E-state index contributed by atoms with van der Waals surface area (Å²) in [5.41, 5.74) is 0. The maximum atomic E-state index is 3.48. The lowest BCUT2D eigenvalue weighted by molar-refractivity contribution is 0.202. The largest absolute Gasteiger partial charge is 0.317 e. The van der Waals surface area contributed by atoms with Crippen LogP contribution < -0.4 is 5.32 Å². The summed E-state index contributed by atoms with van der Waals surface area (Å²) in [6, 6.07) is 0. The van der Waals surface area contributed by atoms with Gasteiger partial charge < -0.3 is 10.2 Å². The van der Waals surface area contributed by atoms with Crippen LogP contribution in [0.5, 0.6) is 0 Å². The van der Waals surface area contributed by atoms with E-state index in [-0.39, 0.29) is 0 Å². The minimum absolute atomic E-state index is 0.951. The first-order valence-corrected chi connectivity index (χ1v) is 9.29. The van der Waals surface area contributed by atoms with Crippen LogP contribution in [-0.2, 0) is 0 Å². The molecule has 1 saturated heterocycles. The van der Waals surface area contributed by atoms with Crippen molar-refractivity contribution < 1.29 is 0 Å². The average molecular weight is 283 g/mol. The monoisotopic (exact) mass is 282 g/mol. The molecule has 0 atom stereocenters.